The van der Waals surface area contributed by atoms with Gasteiger partial charge in [0.05, 0.1) is 5.69 Å². The molecule has 3 rings (SSSR count). The molecule has 25 heavy (non-hydrogen) atoms. The Balaban J connectivity index is 1.82. The van der Waals surface area contributed by atoms with Gasteiger partial charge in [0, 0.05) is 18.3 Å². The van der Waals surface area contributed by atoms with Crippen molar-refractivity contribution >= 4 is 5.69 Å². The van der Waals surface area contributed by atoms with Gasteiger partial charge in [0.15, 0.2) is 0 Å². The number of benzene rings is 2. The fourth-order valence-electron chi connectivity index (χ4n) is 2.68. The summed E-state index contributed by atoms with van der Waals surface area (Å²) in [6.07, 6.45) is 1.75. The van der Waals surface area contributed by atoms with E-state index < -0.39 is 0 Å². The van der Waals surface area contributed by atoms with Gasteiger partial charge in [-0.2, -0.15) is 0 Å². The highest BCUT2D eigenvalue weighted by Gasteiger charge is 2.19. The highest BCUT2D eigenvalue weighted by Crippen LogP contribution is 2.35. The lowest BCUT2D eigenvalue weighted by Gasteiger charge is -2.22. The van der Waals surface area contributed by atoms with Crippen LogP contribution in [0.5, 0.6) is 11.6 Å². The first-order valence-electron chi connectivity index (χ1n) is 8.54. The summed E-state index contributed by atoms with van der Waals surface area (Å²) in [7, 11) is 0. The first kappa shape index (κ1) is 17.0. The van der Waals surface area contributed by atoms with E-state index in [4.69, 9.17) is 4.74 Å². The minimum atomic E-state index is 0.00298. The molecule has 2 aromatic carbocycles. The highest BCUT2D eigenvalue weighted by molar-refractivity contribution is 5.54. The molecule has 0 fully saturated rings. The lowest BCUT2D eigenvalue weighted by atomic mass is 9.86. The Morgan fingerprint density at radius 1 is 0.880 bits per heavy atom. The van der Waals surface area contributed by atoms with E-state index in [0.717, 1.165) is 23.5 Å². The van der Waals surface area contributed by atoms with Gasteiger partial charge in [-0.25, -0.2) is 4.98 Å². The maximum atomic E-state index is 6.18. The Labute approximate surface area is 149 Å². The molecule has 0 spiro atoms. The molecular weight excluding hydrogens is 308 g/mol. The van der Waals surface area contributed by atoms with Crippen molar-refractivity contribution in [2.75, 3.05) is 5.32 Å². The number of anilines is 1. The molecule has 0 aliphatic heterocycles. The maximum Gasteiger partial charge on any atom is 0.242 e. The van der Waals surface area contributed by atoms with Gasteiger partial charge in [0.25, 0.3) is 0 Å². The van der Waals surface area contributed by atoms with E-state index >= 15 is 0 Å². The highest BCUT2D eigenvalue weighted by atomic mass is 16.5. The van der Waals surface area contributed by atoms with Crippen molar-refractivity contribution in [1.82, 2.24) is 4.98 Å². The fourth-order valence-corrected chi connectivity index (χ4v) is 2.68. The van der Waals surface area contributed by atoms with Gasteiger partial charge in [-0.3, -0.25) is 0 Å². The van der Waals surface area contributed by atoms with Crippen LogP contribution in [0.15, 0.2) is 72.9 Å². The molecule has 0 aliphatic rings. The number of rotatable bonds is 5. The van der Waals surface area contributed by atoms with Gasteiger partial charge in [0.1, 0.15) is 5.75 Å². The number of aromatic nitrogens is 1. The predicted molar refractivity (Wildman–Crippen MR) is 103 cm³/mol. The van der Waals surface area contributed by atoms with E-state index in [1.165, 1.54) is 5.56 Å². The standard InChI is InChI=1S/C22H24N2O/c1-22(2,3)18-12-7-8-14-20(18)25-21-19(13-9-15-23-21)24-16-17-10-5-4-6-11-17/h4-15,24H,16H2,1-3H3. The molecule has 1 aromatic heterocycles. The van der Waals surface area contributed by atoms with Crippen molar-refractivity contribution in [2.45, 2.75) is 32.7 Å². The molecule has 0 bridgehead atoms. The molecule has 1 N–H and O–H groups in total. The summed E-state index contributed by atoms with van der Waals surface area (Å²) >= 11 is 0. The van der Waals surface area contributed by atoms with Crippen molar-refractivity contribution < 1.29 is 4.74 Å². The van der Waals surface area contributed by atoms with E-state index in [2.05, 4.69) is 49.3 Å². The molecule has 128 valence electrons. The summed E-state index contributed by atoms with van der Waals surface area (Å²) in [5.41, 5.74) is 3.26. The number of hydrogen-bond donors (Lipinski definition) is 1. The maximum absolute atomic E-state index is 6.18. The predicted octanol–water partition coefficient (Wildman–Crippen LogP) is 5.78. The van der Waals surface area contributed by atoms with Crippen LogP contribution in [0.3, 0.4) is 0 Å². The number of hydrogen-bond acceptors (Lipinski definition) is 3. The van der Waals surface area contributed by atoms with Crippen molar-refractivity contribution in [3.8, 4) is 11.6 Å². The second kappa shape index (κ2) is 7.39. The topological polar surface area (TPSA) is 34.1 Å². The molecular formula is C22H24N2O. The Morgan fingerprint density at radius 3 is 2.36 bits per heavy atom. The van der Waals surface area contributed by atoms with Crippen molar-refractivity contribution in [2.24, 2.45) is 0 Å². The van der Waals surface area contributed by atoms with Crippen molar-refractivity contribution in [3.05, 3.63) is 84.1 Å². The first-order chi connectivity index (χ1) is 12.0. The van der Waals surface area contributed by atoms with E-state index in [-0.39, 0.29) is 5.41 Å². The van der Waals surface area contributed by atoms with Crippen LogP contribution in [0, 0.1) is 0 Å². The van der Waals surface area contributed by atoms with Gasteiger partial charge >= 0.3 is 0 Å². The van der Waals surface area contributed by atoms with Gasteiger partial charge in [-0.1, -0.05) is 69.3 Å². The average molecular weight is 332 g/mol. The molecule has 3 aromatic rings. The average Bonchev–Trinajstić information content (AvgIpc) is 2.61. The van der Waals surface area contributed by atoms with Crippen molar-refractivity contribution in [3.63, 3.8) is 0 Å². The summed E-state index contributed by atoms with van der Waals surface area (Å²) in [4.78, 5) is 4.42. The molecule has 3 nitrogen and oxygen atoms in total. The van der Waals surface area contributed by atoms with E-state index in [1.54, 1.807) is 6.20 Å². The SMILES string of the molecule is CC(C)(C)c1ccccc1Oc1ncccc1NCc1ccccc1. The minimum Gasteiger partial charge on any atom is -0.437 e. The number of ether oxygens (including phenoxy) is 1. The van der Waals surface area contributed by atoms with Crippen LogP contribution in [-0.2, 0) is 12.0 Å². The Morgan fingerprint density at radius 2 is 1.60 bits per heavy atom. The second-order valence-corrected chi connectivity index (χ2v) is 7.04. The molecule has 0 saturated carbocycles. The summed E-state index contributed by atoms with van der Waals surface area (Å²) in [5, 5.41) is 3.42. The first-order valence-corrected chi connectivity index (χ1v) is 8.54. The Hall–Kier alpha value is -2.81. The van der Waals surface area contributed by atoms with Gasteiger partial charge in [0.2, 0.25) is 5.88 Å². The number of nitrogens with zero attached hydrogens (tertiary/aromatic N) is 1. The van der Waals surface area contributed by atoms with E-state index in [9.17, 15) is 0 Å². The van der Waals surface area contributed by atoms with Crippen LogP contribution >= 0.6 is 0 Å². The third kappa shape index (κ3) is 4.38. The van der Waals surface area contributed by atoms with Crippen LogP contribution in [-0.4, -0.2) is 4.98 Å². The normalized spacial score (nSPS) is 11.2. The van der Waals surface area contributed by atoms with Gasteiger partial charge < -0.3 is 10.1 Å². The summed E-state index contributed by atoms with van der Waals surface area (Å²) in [5.74, 6) is 1.44. The molecule has 0 amide bonds. The van der Waals surface area contributed by atoms with Gasteiger partial charge in [-0.15, -0.1) is 0 Å². The third-order valence-electron chi connectivity index (χ3n) is 4.00. The number of para-hydroxylation sites is 1. The molecule has 0 atom stereocenters. The van der Waals surface area contributed by atoms with Gasteiger partial charge in [-0.05, 0) is 29.2 Å². The Kier molecular flexibility index (Phi) is 5.03. The second-order valence-electron chi connectivity index (χ2n) is 7.04. The number of nitrogens with one attached hydrogen (secondary N) is 1. The third-order valence-corrected chi connectivity index (χ3v) is 4.00. The van der Waals surface area contributed by atoms with Crippen molar-refractivity contribution in [1.29, 1.82) is 0 Å². The van der Waals surface area contributed by atoms with Crippen LogP contribution < -0.4 is 10.1 Å². The van der Waals surface area contributed by atoms with Crippen LogP contribution in [0.2, 0.25) is 0 Å². The molecule has 1 heterocycles. The monoisotopic (exact) mass is 332 g/mol. The van der Waals surface area contributed by atoms with E-state index in [1.807, 2.05) is 48.5 Å². The fraction of sp³-hybridized carbons (Fsp3) is 0.227. The molecule has 0 aliphatic carbocycles. The molecule has 0 radical (unpaired) electrons. The minimum absolute atomic E-state index is 0.00298. The molecule has 0 unspecified atom stereocenters. The zero-order valence-electron chi connectivity index (χ0n) is 15.0. The quantitative estimate of drug-likeness (QED) is 0.642. The summed E-state index contributed by atoms with van der Waals surface area (Å²) in [6.45, 7) is 7.27. The lowest BCUT2D eigenvalue weighted by molar-refractivity contribution is 0.441. The largest absolute Gasteiger partial charge is 0.437 e. The number of pyridine rings is 1. The summed E-state index contributed by atoms with van der Waals surface area (Å²) < 4.78 is 6.18. The zero-order chi connectivity index (χ0) is 17.7. The van der Waals surface area contributed by atoms with Crippen LogP contribution in [0.4, 0.5) is 5.69 Å². The van der Waals surface area contributed by atoms with Crippen LogP contribution in [0.25, 0.3) is 0 Å². The Bertz CT molecular complexity index is 823. The molecule has 3 heteroatoms. The molecule has 0 saturated heterocycles. The summed E-state index contributed by atoms with van der Waals surface area (Å²) in [6, 6.07) is 22.3. The lowest BCUT2D eigenvalue weighted by Crippen LogP contribution is -2.12. The van der Waals surface area contributed by atoms with E-state index in [0.29, 0.717) is 5.88 Å². The zero-order valence-corrected chi connectivity index (χ0v) is 15.0. The smallest absolute Gasteiger partial charge is 0.242 e. The van der Waals surface area contributed by atoms with Crippen LogP contribution in [0.1, 0.15) is 31.9 Å².